The van der Waals surface area contributed by atoms with Crippen LogP contribution in [0.25, 0.3) is 0 Å². The fraction of sp³-hybridized carbons (Fsp3) is 0.0769. The smallest absolute Gasteiger partial charge is 0.0722 e. The summed E-state index contributed by atoms with van der Waals surface area (Å²) in [5.41, 5.74) is 1.66. The van der Waals surface area contributed by atoms with Crippen molar-refractivity contribution in [3.05, 3.63) is 60.5 Å². The lowest BCUT2D eigenvalue weighted by Crippen LogP contribution is -2.01. The maximum Gasteiger partial charge on any atom is 0.0722 e. The Morgan fingerprint density at radius 1 is 0.895 bits per heavy atom. The van der Waals surface area contributed by atoms with Crippen molar-refractivity contribution in [3.8, 4) is 0 Å². The number of rotatable bonds is 3. The van der Waals surface area contributed by atoms with Crippen molar-refractivity contribution in [1.29, 1.82) is 0 Å². The van der Waals surface area contributed by atoms with Gasteiger partial charge in [0.2, 0.25) is 0 Å². The Hall–Kier alpha value is -0.120. The van der Waals surface area contributed by atoms with Gasteiger partial charge in [-0.25, -0.2) is 0 Å². The lowest BCUT2D eigenvalue weighted by molar-refractivity contribution is 1.14. The number of nitrogens with one attached hydrogen (secondary N) is 1. The molecule has 2 aromatic rings. The van der Waals surface area contributed by atoms with E-state index in [0.717, 1.165) is 10.0 Å². The Balaban J connectivity index is 2.21. The molecule has 0 aliphatic heterocycles. The van der Waals surface area contributed by atoms with Crippen LogP contribution in [0, 0.1) is 0 Å². The van der Waals surface area contributed by atoms with Gasteiger partial charge in [-0.1, -0.05) is 62.3 Å². The maximum atomic E-state index is 6.10. The molecule has 100 valence electrons. The summed E-state index contributed by atoms with van der Waals surface area (Å²) in [6.07, 6.45) is 0. The first-order valence-corrected chi connectivity index (χ1v) is 7.60. The summed E-state index contributed by atoms with van der Waals surface area (Å²) < 4.78 is 0.964. The van der Waals surface area contributed by atoms with Gasteiger partial charge in [0.15, 0.2) is 0 Å². The molecule has 0 bridgehead atoms. The van der Waals surface area contributed by atoms with Crippen LogP contribution in [-0.4, -0.2) is 0 Å². The zero-order chi connectivity index (χ0) is 14.0. The Morgan fingerprint density at radius 2 is 1.53 bits per heavy atom. The average molecular weight is 400 g/mol. The molecule has 0 heterocycles. The van der Waals surface area contributed by atoms with Gasteiger partial charge in [0.1, 0.15) is 0 Å². The Labute approximate surface area is 139 Å². The molecular formula is C13H8BrCl4N. The van der Waals surface area contributed by atoms with Crippen LogP contribution in [0.3, 0.4) is 0 Å². The molecule has 0 aliphatic carbocycles. The molecular weight excluding hydrogens is 392 g/mol. The third-order valence-electron chi connectivity index (χ3n) is 2.47. The summed E-state index contributed by atoms with van der Waals surface area (Å²) in [7, 11) is 0. The van der Waals surface area contributed by atoms with Gasteiger partial charge in [-0.15, -0.1) is 0 Å². The van der Waals surface area contributed by atoms with Crippen molar-refractivity contribution in [1.82, 2.24) is 0 Å². The molecule has 0 fully saturated rings. The SMILES string of the molecule is Clc1cc(Cl)c(NCc2cc(Cl)ccc2Br)c(Cl)c1. The third kappa shape index (κ3) is 3.93. The van der Waals surface area contributed by atoms with Gasteiger partial charge >= 0.3 is 0 Å². The molecule has 1 nitrogen and oxygen atoms in total. The Morgan fingerprint density at radius 3 is 2.16 bits per heavy atom. The minimum atomic E-state index is 0.482. The van der Waals surface area contributed by atoms with Crippen LogP contribution in [0.15, 0.2) is 34.8 Å². The highest BCUT2D eigenvalue weighted by Gasteiger charge is 2.08. The second-order valence-corrected chi connectivity index (χ2v) is 6.38. The monoisotopic (exact) mass is 397 g/mol. The summed E-state index contributed by atoms with van der Waals surface area (Å²) >= 11 is 27.5. The van der Waals surface area contributed by atoms with Crippen molar-refractivity contribution in [2.75, 3.05) is 5.32 Å². The maximum absolute atomic E-state index is 6.10. The molecule has 0 aromatic heterocycles. The second kappa shape index (κ2) is 6.55. The molecule has 19 heavy (non-hydrogen) atoms. The number of hydrogen-bond acceptors (Lipinski definition) is 1. The van der Waals surface area contributed by atoms with E-state index in [4.69, 9.17) is 46.4 Å². The van der Waals surface area contributed by atoms with Crippen LogP contribution in [-0.2, 0) is 6.54 Å². The minimum Gasteiger partial charge on any atom is -0.379 e. The number of hydrogen-bond donors (Lipinski definition) is 1. The Bertz CT molecular complexity index is 593. The molecule has 0 radical (unpaired) electrons. The van der Waals surface area contributed by atoms with Crippen molar-refractivity contribution in [2.45, 2.75) is 6.54 Å². The second-order valence-electron chi connectivity index (χ2n) is 3.83. The number of halogens is 5. The van der Waals surface area contributed by atoms with E-state index in [9.17, 15) is 0 Å². The molecule has 0 saturated carbocycles. The van der Waals surface area contributed by atoms with Gasteiger partial charge < -0.3 is 5.32 Å². The molecule has 0 unspecified atom stereocenters. The molecule has 0 spiro atoms. The van der Waals surface area contributed by atoms with E-state index in [0.29, 0.717) is 32.3 Å². The average Bonchev–Trinajstić information content (AvgIpc) is 2.32. The van der Waals surface area contributed by atoms with Gasteiger partial charge in [-0.2, -0.15) is 0 Å². The van der Waals surface area contributed by atoms with Gasteiger partial charge in [-0.3, -0.25) is 0 Å². The highest BCUT2D eigenvalue weighted by molar-refractivity contribution is 9.10. The zero-order valence-electron chi connectivity index (χ0n) is 9.48. The predicted molar refractivity (Wildman–Crippen MR) is 88.0 cm³/mol. The van der Waals surface area contributed by atoms with Crippen LogP contribution in [0.5, 0.6) is 0 Å². The highest BCUT2D eigenvalue weighted by atomic mass is 79.9. The quantitative estimate of drug-likeness (QED) is 0.607. The lowest BCUT2D eigenvalue weighted by Gasteiger charge is -2.12. The summed E-state index contributed by atoms with van der Waals surface area (Å²) in [4.78, 5) is 0. The van der Waals surface area contributed by atoms with Crippen molar-refractivity contribution >= 4 is 68.0 Å². The third-order valence-corrected chi connectivity index (χ3v) is 4.29. The van der Waals surface area contributed by atoms with Crippen molar-refractivity contribution in [3.63, 3.8) is 0 Å². The highest BCUT2D eigenvalue weighted by Crippen LogP contribution is 2.34. The molecule has 0 atom stereocenters. The molecule has 2 aromatic carbocycles. The molecule has 0 saturated heterocycles. The first-order valence-electron chi connectivity index (χ1n) is 5.29. The van der Waals surface area contributed by atoms with E-state index in [1.807, 2.05) is 18.2 Å². The van der Waals surface area contributed by atoms with E-state index in [2.05, 4.69) is 21.2 Å². The van der Waals surface area contributed by atoms with Crippen molar-refractivity contribution in [2.24, 2.45) is 0 Å². The fourth-order valence-electron chi connectivity index (χ4n) is 1.57. The van der Waals surface area contributed by atoms with Crippen molar-refractivity contribution < 1.29 is 0 Å². The number of benzene rings is 2. The largest absolute Gasteiger partial charge is 0.379 e. The van der Waals surface area contributed by atoms with Gasteiger partial charge in [0.25, 0.3) is 0 Å². The van der Waals surface area contributed by atoms with Crippen LogP contribution >= 0.6 is 62.3 Å². The van der Waals surface area contributed by atoms with Crippen LogP contribution in [0.1, 0.15) is 5.56 Å². The summed E-state index contributed by atoms with van der Waals surface area (Å²) in [5, 5.41) is 5.32. The van der Waals surface area contributed by atoms with Gasteiger partial charge in [-0.05, 0) is 35.9 Å². The van der Waals surface area contributed by atoms with Crippen LogP contribution in [0.4, 0.5) is 5.69 Å². The summed E-state index contributed by atoms with van der Waals surface area (Å²) in [6, 6.07) is 8.87. The standard InChI is InChI=1S/C13H8BrCl4N/c14-10-2-1-8(15)3-7(10)6-19-13-11(17)4-9(16)5-12(13)18/h1-5,19H,6H2. The molecule has 1 N–H and O–H groups in total. The van der Waals surface area contributed by atoms with E-state index >= 15 is 0 Å². The first kappa shape index (κ1) is 15.3. The molecule has 6 heteroatoms. The van der Waals surface area contributed by atoms with Crippen LogP contribution < -0.4 is 5.32 Å². The number of anilines is 1. The van der Waals surface area contributed by atoms with E-state index in [-0.39, 0.29) is 0 Å². The lowest BCUT2D eigenvalue weighted by atomic mass is 10.2. The topological polar surface area (TPSA) is 12.0 Å². The van der Waals surface area contributed by atoms with Gasteiger partial charge in [0.05, 0.1) is 15.7 Å². The van der Waals surface area contributed by atoms with E-state index in [1.165, 1.54) is 0 Å². The molecule has 0 amide bonds. The fourth-order valence-corrected chi connectivity index (χ4v) is 3.11. The Kier molecular flexibility index (Phi) is 5.27. The predicted octanol–water partition coefficient (Wildman–Crippen LogP) is 6.67. The van der Waals surface area contributed by atoms with Gasteiger partial charge in [0, 0.05) is 21.1 Å². The zero-order valence-corrected chi connectivity index (χ0v) is 14.1. The molecule has 2 rings (SSSR count). The van der Waals surface area contributed by atoms with E-state index in [1.54, 1.807) is 12.1 Å². The van der Waals surface area contributed by atoms with Crippen LogP contribution in [0.2, 0.25) is 20.1 Å². The molecule has 0 aliphatic rings. The van der Waals surface area contributed by atoms with E-state index < -0.39 is 0 Å². The normalized spacial score (nSPS) is 10.6. The summed E-state index contributed by atoms with van der Waals surface area (Å²) in [6.45, 7) is 0.544. The summed E-state index contributed by atoms with van der Waals surface area (Å²) in [5.74, 6) is 0. The first-order chi connectivity index (χ1) is 8.97. The minimum absolute atomic E-state index is 0.482.